The lowest BCUT2D eigenvalue weighted by molar-refractivity contribution is 0.127. The lowest BCUT2D eigenvalue weighted by Gasteiger charge is -2.30. The SMILES string of the molecule is CCC(CC)(CO)CNc1ccccc1C(C)C. The highest BCUT2D eigenvalue weighted by molar-refractivity contribution is 5.52. The largest absolute Gasteiger partial charge is 0.396 e. The van der Waals surface area contributed by atoms with Crippen LogP contribution >= 0.6 is 0 Å². The quantitative estimate of drug-likeness (QED) is 0.765. The molecular formula is C16H27NO. The summed E-state index contributed by atoms with van der Waals surface area (Å²) in [6.07, 6.45) is 1.99. The van der Waals surface area contributed by atoms with Crippen LogP contribution in [0.15, 0.2) is 24.3 Å². The van der Waals surface area contributed by atoms with Crippen molar-refractivity contribution in [2.75, 3.05) is 18.5 Å². The average molecular weight is 249 g/mol. The summed E-state index contributed by atoms with van der Waals surface area (Å²) >= 11 is 0. The first-order chi connectivity index (χ1) is 8.58. The zero-order chi connectivity index (χ0) is 13.6. The lowest BCUT2D eigenvalue weighted by Crippen LogP contribution is -2.32. The number of para-hydroxylation sites is 1. The van der Waals surface area contributed by atoms with Crippen molar-refractivity contribution >= 4 is 5.69 Å². The molecule has 0 aliphatic heterocycles. The van der Waals surface area contributed by atoms with Gasteiger partial charge in [-0.05, 0) is 30.4 Å². The number of rotatable bonds is 7. The van der Waals surface area contributed by atoms with Crippen molar-refractivity contribution < 1.29 is 5.11 Å². The van der Waals surface area contributed by atoms with Gasteiger partial charge in [0.1, 0.15) is 0 Å². The number of anilines is 1. The van der Waals surface area contributed by atoms with E-state index in [0.29, 0.717) is 5.92 Å². The van der Waals surface area contributed by atoms with Gasteiger partial charge in [0.15, 0.2) is 0 Å². The van der Waals surface area contributed by atoms with E-state index in [2.05, 4.69) is 57.3 Å². The number of hydrogen-bond donors (Lipinski definition) is 2. The Hall–Kier alpha value is -1.02. The minimum Gasteiger partial charge on any atom is -0.396 e. The van der Waals surface area contributed by atoms with Crippen LogP contribution in [-0.2, 0) is 0 Å². The normalized spacial score (nSPS) is 11.9. The van der Waals surface area contributed by atoms with Gasteiger partial charge < -0.3 is 10.4 Å². The first-order valence-electron chi connectivity index (χ1n) is 7.02. The Balaban J connectivity index is 2.79. The molecule has 0 aliphatic carbocycles. The Morgan fingerprint density at radius 3 is 2.28 bits per heavy atom. The van der Waals surface area contributed by atoms with Gasteiger partial charge in [0.25, 0.3) is 0 Å². The summed E-state index contributed by atoms with van der Waals surface area (Å²) in [6, 6.07) is 8.44. The molecule has 0 atom stereocenters. The van der Waals surface area contributed by atoms with Crippen molar-refractivity contribution in [1.29, 1.82) is 0 Å². The number of nitrogens with one attached hydrogen (secondary N) is 1. The van der Waals surface area contributed by atoms with Gasteiger partial charge in [-0.15, -0.1) is 0 Å². The topological polar surface area (TPSA) is 32.3 Å². The molecule has 0 heterocycles. The van der Waals surface area contributed by atoms with Crippen LogP contribution in [0.3, 0.4) is 0 Å². The number of aliphatic hydroxyl groups excluding tert-OH is 1. The van der Waals surface area contributed by atoms with Gasteiger partial charge in [-0.1, -0.05) is 45.9 Å². The van der Waals surface area contributed by atoms with Crippen LogP contribution in [0.1, 0.15) is 52.0 Å². The van der Waals surface area contributed by atoms with Crippen LogP contribution in [0.2, 0.25) is 0 Å². The predicted molar refractivity (Wildman–Crippen MR) is 79.1 cm³/mol. The Kier molecular flexibility index (Phi) is 5.67. The van der Waals surface area contributed by atoms with Crippen molar-refractivity contribution in [3.05, 3.63) is 29.8 Å². The van der Waals surface area contributed by atoms with Gasteiger partial charge in [0.05, 0.1) is 6.61 Å². The highest BCUT2D eigenvalue weighted by Crippen LogP contribution is 2.29. The fraction of sp³-hybridized carbons (Fsp3) is 0.625. The molecule has 0 aromatic heterocycles. The Morgan fingerprint density at radius 1 is 1.17 bits per heavy atom. The van der Waals surface area contributed by atoms with Gasteiger partial charge >= 0.3 is 0 Å². The van der Waals surface area contributed by atoms with E-state index in [1.165, 1.54) is 11.3 Å². The minimum absolute atomic E-state index is 0.00406. The lowest BCUT2D eigenvalue weighted by atomic mass is 9.83. The van der Waals surface area contributed by atoms with Crippen LogP contribution in [0.25, 0.3) is 0 Å². The molecular weight excluding hydrogens is 222 g/mol. The summed E-state index contributed by atoms with van der Waals surface area (Å²) in [6.45, 7) is 9.79. The molecule has 1 aromatic rings. The zero-order valence-electron chi connectivity index (χ0n) is 12.2. The third-order valence-corrected chi connectivity index (χ3v) is 4.07. The van der Waals surface area contributed by atoms with E-state index in [0.717, 1.165) is 19.4 Å². The van der Waals surface area contributed by atoms with Crippen molar-refractivity contribution in [3.8, 4) is 0 Å². The summed E-state index contributed by atoms with van der Waals surface area (Å²) < 4.78 is 0. The second kappa shape index (κ2) is 6.79. The van der Waals surface area contributed by atoms with E-state index in [4.69, 9.17) is 0 Å². The van der Waals surface area contributed by atoms with E-state index < -0.39 is 0 Å². The molecule has 0 bridgehead atoms. The van der Waals surface area contributed by atoms with Gasteiger partial charge in [0.2, 0.25) is 0 Å². The fourth-order valence-corrected chi connectivity index (χ4v) is 2.22. The van der Waals surface area contributed by atoms with Gasteiger partial charge in [0, 0.05) is 17.6 Å². The second-order valence-electron chi connectivity index (χ2n) is 5.46. The van der Waals surface area contributed by atoms with E-state index >= 15 is 0 Å². The highest BCUT2D eigenvalue weighted by atomic mass is 16.3. The molecule has 0 saturated carbocycles. The molecule has 2 heteroatoms. The smallest absolute Gasteiger partial charge is 0.0504 e. The maximum absolute atomic E-state index is 9.59. The molecule has 0 amide bonds. The summed E-state index contributed by atoms with van der Waals surface area (Å²) in [5, 5.41) is 13.1. The van der Waals surface area contributed by atoms with Crippen LogP contribution in [-0.4, -0.2) is 18.3 Å². The minimum atomic E-state index is 0.00406. The van der Waals surface area contributed by atoms with E-state index in [9.17, 15) is 5.11 Å². The van der Waals surface area contributed by atoms with Crippen LogP contribution < -0.4 is 5.32 Å². The summed E-state index contributed by atoms with van der Waals surface area (Å²) in [4.78, 5) is 0. The first kappa shape index (κ1) is 15.0. The Bertz CT molecular complexity index is 348. The molecule has 102 valence electrons. The van der Waals surface area contributed by atoms with E-state index in [1.807, 2.05) is 0 Å². The zero-order valence-corrected chi connectivity index (χ0v) is 12.2. The van der Waals surface area contributed by atoms with Gasteiger partial charge in [-0.25, -0.2) is 0 Å². The highest BCUT2D eigenvalue weighted by Gasteiger charge is 2.25. The molecule has 0 saturated heterocycles. The molecule has 0 spiro atoms. The standard InChI is InChI=1S/C16H27NO/c1-5-16(6-2,12-18)11-17-15-10-8-7-9-14(15)13(3)4/h7-10,13,17-18H,5-6,11-12H2,1-4H3. The summed E-state index contributed by atoms with van der Waals surface area (Å²) in [5.74, 6) is 0.514. The van der Waals surface area contributed by atoms with Crippen LogP contribution in [0.4, 0.5) is 5.69 Å². The first-order valence-corrected chi connectivity index (χ1v) is 7.02. The van der Waals surface area contributed by atoms with Crippen molar-refractivity contribution in [2.24, 2.45) is 5.41 Å². The maximum Gasteiger partial charge on any atom is 0.0504 e. The maximum atomic E-state index is 9.59. The Morgan fingerprint density at radius 2 is 1.78 bits per heavy atom. The fourth-order valence-electron chi connectivity index (χ4n) is 2.22. The third-order valence-electron chi connectivity index (χ3n) is 4.07. The van der Waals surface area contributed by atoms with Gasteiger partial charge in [-0.2, -0.15) is 0 Å². The van der Waals surface area contributed by atoms with Gasteiger partial charge in [-0.3, -0.25) is 0 Å². The molecule has 0 radical (unpaired) electrons. The van der Waals surface area contributed by atoms with Crippen molar-refractivity contribution in [3.63, 3.8) is 0 Å². The van der Waals surface area contributed by atoms with Crippen LogP contribution in [0.5, 0.6) is 0 Å². The molecule has 2 N–H and O–H groups in total. The third kappa shape index (κ3) is 3.49. The summed E-state index contributed by atoms with van der Waals surface area (Å²) in [5.41, 5.74) is 2.55. The molecule has 1 aromatic carbocycles. The molecule has 0 aliphatic rings. The monoisotopic (exact) mass is 249 g/mol. The van der Waals surface area contributed by atoms with Crippen molar-refractivity contribution in [2.45, 2.75) is 46.5 Å². The van der Waals surface area contributed by atoms with E-state index in [-0.39, 0.29) is 12.0 Å². The summed E-state index contributed by atoms with van der Waals surface area (Å²) in [7, 11) is 0. The average Bonchev–Trinajstić information content (AvgIpc) is 2.41. The number of hydrogen-bond acceptors (Lipinski definition) is 2. The molecule has 1 rings (SSSR count). The van der Waals surface area contributed by atoms with E-state index in [1.54, 1.807) is 0 Å². The molecule has 0 unspecified atom stereocenters. The molecule has 2 nitrogen and oxygen atoms in total. The second-order valence-corrected chi connectivity index (χ2v) is 5.46. The van der Waals surface area contributed by atoms with Crippen LogP contribution in [0, 0.1) is 5.41 Å². The van der Waals surface area contributed by atoms with Crippen molar-refractivity contribution in [1.82, 2.24) is 0 Å². The predicted octanol–water partition coefficient (Wildman–Crippen LogP) is 4.02. The Labute approximate surface area is 111 Å². The molecule has 0 fully saturated rings. The molecule has 18 heavy (non-hydrogen) atoms. The number of aliphatic hydroxyl groups is 1. The number of benzene rings is 1.